The molecule has 0 unspecified atom stereocenters. The zero-order valence-electron chi connectivity index (χ0n) is 17.3. The Morgan fingerprint density at radius 3 is 2.67 bits per heavy atom. The normalized spacial score (nSPS) is 10.8. The summed E-state index contributed by atoms with van der Waals surface area (Å²) in [6.45, 7) is 1.82. The summed E-state index contributed by atoms with van der Waals surface area (Å²) in [6, 6.07) is 12.4. The molecule has 1 N–H and O–H groups in total. The van der Waals surface area contributed by atoms with Gasteiger partial charge in [0, 0.05) is 19.2 Å². The highest BCUT2D eigenvalue weighted by Crippen LogP contribution is 2.20. The number of methoxy groups -OCH3 is 1. The van der Waals surface area contributed by atoms with Crippen molar-refractivity contribution < 1.29 is 13.9 Å². The zero-order valence-corrected chi connectivity index (χ0v) is 18.1. The van der Waals surface area contributed by atoms with E-state index in [0.29, 0.717) is 10.8 Å². The van der Waals surface area contributed by atoms with Crippen molar-refractivity contribution in [2.24, 2.45) is 7.05 Å². The maximum Gasteiger partial charge on any atom is 0.234 e. The second kappa shape index (κ2) is 10.2. The average Bonchev–Trinajstić information content (AvgIpc) is 3.09. The van der Waals surface area contributed by atoms with Gasteiger partial charge in [0.2, 0.25) is 5.91 Å². The minimum atomic E-state index is -0.379. The number of thioether (sulfide) groups is 1. The molecule has 0 spiro atoms. The van der Waals surface area contributed by atoms with Gasteiger partial charge in [-0.1, -0.05) is 30.0 Å². The second-order valence-electron chi connectivity index (χ2n) is 6.96. The first-order valence-electron chi connectivity index (χ1n) is 9.66. The van der Waals surface area contributed by atoms with Gasteiger partial charge in [-0.05, 0) is 55.2 Å². The SMILES string of the molecule is COc1ccc(CCCc2nnc(SCC(=O)Nc3cc(F)ccc3C)n2C)cc1. The molecule has 0 aliphatic rings. The molecular formula is C22H25FN4O2S. The third-order valence-corrected chi connectivity index (χ3v) is 5.78. The van der Waals surface area contributed by atoms with Gasteiger partial charge >= 0.3 is 0 Å². The Bertz CT molecular complexity index is 1000. The van der Waals surface area contributed by atoms with Gasteiger partial charge in [-0.3, -0.25) is 4.79 Å². The van der Waals surface area contributed by atoms with Crippen LogP contribution in [0, 0.1) is 12.7 Å². The molecule has 0 saturated carbocycles. The Morgan fingerprint density at radius 2 is 1.93 bits per heavy atom. The number of aromatic nitrogens is 3. The van der Waals surface area contributed by atoms with Crippen molar-refractivity contribution in [3.8, 4) is 5.75 Å². The van der Waals surface area contributed by atoms with Gasteiger partial charge in [0.05, 0.1) is 12.9 Å². The molecule has 0 radical (unpaired) electrons. The highest BCUT2D eigenvalue weighted by atomic mass is 32.2. The topological polar surface area (TPSA) is 69.0 Å². The van der Waals surface area contributed by atoms with Crippen LogP contribution >= 0.6 is 11.8 Å². The predicted octanol–water partition coefficient (Wildman–Crippen LogP) is 4.18. The van der Waals surface area contributed by atoms with E-state index >= 15 is 0 Å². The van der Waals surface area contributed by atoms with Crippen molar-refractivity contribution in [1.82, 2.24) is 14.8 Å². The Kier molecular flexibility index (Phi) is 7.46. The lowest BCUT2D eigenvalue weighted by atomic mass is 10.1. The maximum atomic E-state index is 13.4. The number of hydrogen-bond donors (Lipinski definition) is 1. The minimum absolute atomic E-state index is 0.174. The van der Waals surface area contributed by atoms with Crippen LogP contribution < -0.4 is 10.1 Å². The van der Waals surface area contributed by atoms with Gasteiger partial charge in [0.25, 0.3) is 0 Å². The van der Waals surface area contributed by atoms with Crippen molar-refractivity contribution in [1.29, 1.82) is 0 Å². The predicted molar refractivity (Wildman–Crippen MR) is 117 cm³/mol. The lowest BCUT2D eigenvalue weighted by Gasteiger charge is -2.08. The van der Waals surface area contributed by atoms with E-state index in [1.807, 2.05) is 30.7 Å². The number of hydrogen-bond acceptors (Lipinski definition) is 5. The number of anilines is 1. The Balaban J connectivity index is 1.48. The first kappa shape index (κ1) is 21.8. The quantitative estimate of drug-likeness (QED) is 0.518. The van der Waals surface area contributed by atoms with Gasteiger partial charge < -0.3 is 14.6 Å². The van der Waals surface area contributed by atoms with E-state index in [1.165, 1.54) is 29.5 Å². The highest BCUT2D eigenvalue weighted by molar-refractivity contribution is 7.99. The number of ether oxygens (including phenoxy) is 1. The molecule has 3 aromatic rings. The Hall–Kier alpha value is -2.87. The fraction of sp³-hybridized carbons (Fsp3) is 0.318. The summed E-state index contributed by atoms with van der Waals surface area (Å²) >= 11 is 1.31. The van der Waals surface area contributed by atoms with Crippen molar-refractivity contribution in [2.45, 2.75) is 31.3 Å². The molecule has 0 atom stereocenters. The fourth-order valence-corrected chi connectivity index (χ4v) is 3.71. The molecule has 0 aliphatic carbocycles. The molecule has 1 aromatic heterocycles. The summed E-state index contributed by atoms with van der Waals surface area (Å²) in [5, 5.41) is 11.9. The Morgan fingerprint density at radius 1 is 1.17 bits per heavy atom. The molecule has 2 aromatic carbocycles. The van der Waals surface area contributed by atoms with E-state index in [0.717, 1.165) is 36.4 Å². The average molecular weight is 429 g/mol. The number of amides is 1. The molecule has 0 saturated heterocycles. The largest absolute Gasteiger partial charge is 0.497 e. The highest BCUT2D eigenvalue weighted by Gasteiger charge is 2.12. The van der Waals surface area contributed by atoms with Crippen molar-refractivity contribution in [3.63, 3.8) is 0 Å². The number of benzene rings is 2. The lowest BCUT2D eigenvalue weighted by molar-refractivity contribution is -0.113. The van der Waals surface area contributed by atoms with Crippen LogP contribution in [0.1, 0.15) is 23.4 Å². The molecule has 158 valence electrons. The van der Waals surface area contributed by atoms with Crippen molar-refractivity contribution in [2.75, 3.05) is 18.2 Å². The summed E-state index contributed by atoms with van der Waals surface area (Å²) in [7, 11) is 3.56. The lowest BCUT2D eigenvalue weighted by Crippen LogP contribution is -2.15. The Labute approximate surface area is 179 Å². The van der Waals surface area contributed by atoms with Crippen LogP contribution in [0.25, 0.3) is 0 Å². The van der Waals surface area contributed by atoms with Crippen molar-refractivity contribution >= 4 is 23.4 Å². The first-order chi connectivity index (χ1) is 14.5. The van der Waals surface area contributed by atoms with E-state index in [4.69, 9.17) is 4.74 Å². The molecule has 3 rings (SSSR count). The molecule has 0 bridgehead atoms. The third kappa shape index (κ3) is 5.82. The summed E-state index contributed by atoms with van der Waals surface area (Å²) in [6.07, 6.45) is 2.68. The number of halogens is 1. The minimum Gasteiger partial charge on any atom is -0.497 e. The fourth-order valence-electron chi connectivity index (χ4n) is 2.98. The van der Waals surface area contributed by atoms with Gasteiger partial charge in [0.1, 0.15) is 17.4 Å². The number of nitrogens with zero attached hydrogens (tertiary/aromatic N) is 3. The van der Waals surface area contributed by atoms with Gasteiger partial charge in [-0.15, -0.1) is 10.2 Å². The standard InChI is InChI=1S/C22H25FN4O2S/c1-15-7-10-17(23)13-19(15)24-21(28)14-30-22-26-25-20(27(22)2)6-4-5-16-8-11-18(29-3)12-9-16/h7-13H,4-6,14H2,1-3H3,(H,24,28). The van der Waals surface area contributed by atoms with Crippen LogP contribution in [0.15, 0.2) is 47.6 Å². The third-order valence-electron chi connectivity index (χ3n) is 4.76. The first-order valence-corrected chi connectivity index (χ1v) is 10.6. The number of carbonyl (C=O) groups excluding carboxylic acids is 1. The summed E-state index contributed by atoms with van der Waals surface area (Å²) in [5.74, 6) is 1.32. The summed E-state index contributed by atoms with van der Waals surface area (Å²) < 4.78 is 20.5. The molecular weight excluding hydrogens is 403 g/mol. The van der Waals surface area contributed by atoms with Crippen LogP contribution in [0.4, 0.5) is 10.1 Å². The van der Waals surface area contributed by atoms with Crippen molar-refractivity contribution in [3.05, 3.63) is 65.2 Å². The number of rotatable bonds is 9. The molecule has 6 nitrogen and oxygen atoms in total. The number of carbonyl (C=O) groups is 1. The van der Waals surface area contributed by atoms with E-state index < -0.39 is 0 Å². The molecule has 1 heterocycles. The van der Waals surface area contributed by atoms with Crippen LogP contribution in [-0.4, -0.2) is 33.5 Å². The monoisotopic (exact) mass is 428 g/mol. The van der Waals surface area contributed by atoms with E-state index in [-0.39, 0.29) is 17.5 Å². The number of nitrogens with one attached hydrogen (secondary N) is 1. The van der Waals surface area contributed by atoms with E-state index in [1.54, 1.807) is 13.2 Å². The summed E-state index contributed by atoms with van der Waals surface area (Å²) in [5.41, 5.74) is 2.54. The van der Waals surface area contributed by atoms with Gasteiger partial charge in [-0.25, -0.2) is 4.39 Å². The summed E-state index contributed by atoms with van der Waals surface area (Å²) in [4.78, 5) is 12.2. The van der Waals surface area contributed by atoms with Gasteiger partial charge in [-0.2, -0.15) is 0 Å². The van der Waals surface area contributed by atoms with Crippen LogP contribution in [0.5, 0.6) is 5.75 Å². The second-order valence-corrected chi connectivity index (χ2v) is 7.90. The maximum absolute atomic E-state index is 13.4. The van der Waals surface area contributed by atoms with E-state index in [9.17, 15) is 9.18 Å². The molecule has 8 heteroatoms. The molecule has 30 heavy (non-hydrogen) atoms. The van der Waals surface area contributed by atoms with E-state index in [2.05, 4.69) is 27.6 Å². The molecule has 0 aliphatic heterocycles. The molecule has 1 amide bonds. The van der Waals surface area contributed by atoms with Crippen LogP contribution in [0.3, 0.4) is 0 Å². The zero-order chi connectivity index (χ0) is 21.5. The van der Waals surface area contributed by atoms with Crippen LogP contribution in [0.2, 0.25) is 0 Å². The van der Waals surface area contributed by atoms with Crippen LogP contribution in [-0.2, 0) is 24.7 Å². The number of aryl methyl sites for hydroxylation is 3. The molecule has 0 fully saturated rings. The van der Waals surface area contributed by atoms with Gasteiger partial charge in [0.15, 0.2) is 5.16 Å². The smallest absolute Gasteiger partial charge is 0.234 e.